The van der Waals surface area contributed by atoms with Crippen molar-refractivity contribution >= 4 is 0 Å². The van der Waals surface area contributed by atoms with Gasteiger partial charge in [0, 0.05) is 0 Å². The molecular weight excluding hydrogens is 579 g/mol. The fraction of sp³-hybridized carbons (Fsp3) is 0.830. The summed E-state index contributed by atoms with van der Waals surface area (Å²) in [5, 5.41) is 0. The van der Waals surface area contributed by atoms with Crippen LogP contribution < -0.4 is 5.73 Å². The van der Waals surface area contributed by atoms with Gasteiger partial charge in [-0.15, -0.1) is 45.4 Å². The molecule has 2 N–H and O–H groups in total. The molecule has 0 heterocycles. The molecule has 1 nitrogen and oxygen atoms in total. The Morgan fingerprint density at radius 3 is 1.23 bits per heavy atom. The molecule has 0 aliphatic heterocycles. The van der Waals surface area contributed by atoms with Crippen molar-refractivity contribution in [3.63, 3.8) is 0 Å². The Morgan fingerprint density at radius 2 is 1.00 bits per heavy atom. The second kappa shape index (κ2) is 43.6. The largest absolute Gasteiger partial charge is 0.331 e. The van der Waals surface area contributed by atoms with E-state index in [0.29, 0.717) is 21.7 Å². The molecule has 2 saturated carbocycles. The quantitative estimate of drug-likeness (QED) is 0.211. The molecular formula is C47H99N. The molecule has 0 saturated heterocycles. The Bertz CT molecular complexity index is 619. The van der Waals surface area contributed by atoms with E-state index in [9.17, 15) is 0 Å². The van der Waals surface area contributed by atoms with Gasteiger partial charge in [-0.3, -0.25) is 0 Å². The van der Waals surface area contributed by atoms with E-state index in [1.54, 1.807) is 0 Å². The van der Waals surface area contributed by atoms with E-state index in [0.717, 1.165) is 18.4 Å². The van der Waals surface area contributed by atoms with Crippen LogP contribution in [0.1, 0.15) is 215 Å². The summed E-state index contributed by atoms with van der Waals surface area (Å²) in [7, 11) is 0. The molecule has 0 aromatic heterocycles. The molecule has 1 heteroatoms. The van der Waals surface area contributed by atoms with Crippen molar-refractivity contribution in [2.75, 3.05) is 6.54 Å². The number of rotatable bonds is 7. The SMILES string of the molecule is C#C.C#C.C=C.C=C(C)CCC(C)C(CCC)C(C)(C)C.CC.CC.CC.CC.CCC1(C)CC[C@]2(C)CCCC[C@]2(C)CC1.CCN. The fourth-order valence-electron chi connectivity index (χ4n) is 6.68. The second-order valence-corrected chi connectivity index (χ2v) is 14.1. The maximum absolute atomic E-state index is 4.85. The summed E-state index contributed by atoms with van der Waals surface area (Å²) >= 11 is 0. The number of hydrogen-bond acceptors (Lipinski definition) is 1. The topological polar surface area (TPSA) is 26.0 Å². The number of allylic oxidation sites excluding steroid dienone is 1. The van der Waals surface area contributed by atoms with Crippen LogP contribution in [0.4, 0.5) is 0 Å². The van der Waals surface area contributed by atoms with Crippen molar-refractivity contribution in [2.24, 2.45) is 39.2 Å². The summed E-state index contributed by atoms with van der Waals surface area (Å²) in [5.74, 6) is 1.67. The van der Waals surface area contributed by atoms with Crippen molar-refractivity contribution in [3.8, 4) is 25.7 Å². The van der Waals surface area contributed by atoms with E-state index in [4.69, 9.17) is 5.73 Å². The van der Waals surface area contributed by atoms with Gasteiger partial charge < -0.3 is 5.73 Å². The lowest BCUT2D eigenvalue weighted by Gasteiger charge is -2.50. The van der Waals surface area contributed by atoms with Crippen molar-refractivity contribution < 1.29 is 0 Å². The molecule has 0 bridgehead atoms. The highest BCUT2D eigenvalue weighted by Gasteiger charge is 2.48. The van der Waals surface area contributed by atoms with E-state index in [1.165, 1.54) is 89.0 Å². The van der Waals surface area contributed by atoms with Crippen LogP contribution in [0, 0.1) is 59.2 Å². The minimum Gasteiger partial charge on any atom is -0.331 e. The minimum absolute atomic E-state index is 0.449. The van der Waals surface area contributed by atoms with Gasteiger partial charge in [-0.1, -0.05) is 156 Å². The Hall–Kier alpha value is -1.44. The van der Waals surface area contributed by atoms with Crippen molar-refractivity contribution in [3.05, 3.63) is 25.3 Å². The summed E-state index contributed by atoms with van der Waals surface area (Å²) < 4.78 is 0. The molecule has 5 atom stereocenters. The van der Waals surface area contributed by atoms with Gasteiger partial charge in [0.2, 0.25) is 0 Å². The first-order valence-electron chi connectivity index (χ1n) is 20.1. The van der Waals surface area contributed by atoms with Gasteiger partial charge in [-0.05, 0) is 105 Å². The molecule has 0 amide bonds. The standard InChI is InChI=1S/C16H30.C15H30.C2H7N.4C2H6.C2H4.2C2H2/c1-5-14(2)10-12-15(3)8-6-7-9-16(15,4)13-11-14;1-8-9-14(15(5,6)7)13(4)11-10-12(2)3;1-2-3;7*1-2/h5-13H2,1-4H3;13-14H,2,8-11H2,1,3-7H3;2-3H2,1H3;4*1-2H3;1-2H2;2*1-2H/t14?,15-,16+;;;;;;;;;. The van der Waals surface area contributed by atoms with Gasteiger partial charge in [-0.25, -0.2) is 0 Å². The van der Waals surface area contributed by atoms with E-state index >= 15 is 0 Å². The van der Waals surface area contributed by atoms with Gasteiger partial charge >= 0.3 is 0 Å². The van der Waals surface area contributed by atoms with Gasteiger partial charge in [0.05, 0.1) is 0 Å². The lowest BCUT2D eigenvalue weighted by molar-refractivity contribution is 0.00896. The average molecular weight is 678 g/mol. The van der Waals surface area contributed by atoms with Gasteiger partial charge in [0.25, 0.3) is 0 Å². The lowest BCUT2D eigenvalue weighted by atomic mass is 9.55. The Morgan fingerprint density at radius 1 is 0.688 bits per heavy atom. The van der Waals surface area contributed by atoms with Crippen LogP contribution in [-0.2, 0) is 0 Å². The Labute approximate surface area is 311 Å². The monoisotopic (exact) mass is 678 g/mol. The van der Waals surface area contributed by atoms with Crippen LogP contribution >= 0.6 is 0 Å². The van der Waals surface area contributed by atoms with Crippen LogP contribution in [0.3, 0.4) is 0 Å². The number of terminal acetylenes is 2. The van der Waals surface area contributed by atoms with E-state index < -0.39 is 0 Å². The predicted molar refractivity (Wildman–Crippen MR) is 234 cm³/mol. The molecule has 3 unspecified atom stereocenters. The highest BCUT2D eigenvalue weighted by Crippen LogP contribution is 2.60. The van der Waals surface area contributed by atoms with E-state index in [2.05, 4.69) is 115 Å². The third-order valence-corrected chi connectivity index (χ3v) is 10.0. The van der Waals surface area contributed by atoms with Gasteiger partial charge in [-0.2, -0.15) is 0 Å². The zero-order chi connectivity index (χ0) is 40.6. The maximum atomic E-state index is 4.85. The van der Waals surface area contributed by atoms with E-state index in [-0.39, 0.29) is 0 Å². The summed E-state index contributed by atoms with van der Waals surface area (Å²) in [4.78, 5) is 0. The maximum Gasteiger partial charge on any atom is -0.0106 e. The zero-order valence-corrected chi connectivity index (χ0v) is 37.6. The fourth-order valence-corrected chi connectivity index (χ4v) is 6.68. The average Bonchev–Trinajstić information content (AvgIpc) is 3.22. The molecule has 0 radical (unpaired) electrons. The molecule has 2 rings (SSSR count). The molecule has 292 valence electrons. The van der Waals surface area contributed by atoms with E-state index in [1.807, 2.05) is 62.3 Å². The Balaban J connectivity index is -0.0000000768. The Kier molecular flexibility index (Phi) is 59.0. The normalized spacial score (nSPS) is 22.6. The first-order valence-corrected chi connectivity index (χ1v) is 20.1. The number of fused-ring (bicyclic) bond motifs is 1. The summed E-state index contributed by atoms with van der Waals surface area (Å²) in [6.07, 6.45) is 34.4. The summed E-state index contributed by atoms with van der Waals surface area (Å²) in [5.41, 5.74) is 8.57. The van der Waals surface area contributed by atoms with Crippen LogP contribution in [0.5, 0.6) is 0 Å². The first kappa shape index (κ1) is 65.0. The van der Waals surface area contributed by atoms with Crippen LogP contribution in [-0.4, -0.2) is 6.54 Å². The zero-order valence-electron chi connectivity index (χ0n) is 37.6. The highest BCUT2D eigenvalue weighted by molar-refractivity contribution is 4.99. The van der Waals surface area contributed by atoms with Gasteiger partial charge in [0.15, 0.2) is 0 Å². The van der Waals surface area contributed by atoms with Crippen molar-refractivity contribution in [1.82, 2.24) is 0 Å². The second-order valence-electron chi connectivity index (χ2n) is 14.1. The third kappa shape index (κ3) is 31.8. The van der Waals surface area contributed by atoms with Crippen LogP contribution in [0.2, 0.25) is 0 Å². The molecule has 48 heavy (non-hydrogen) atoms. The smallest absolute Gasteiger partial charge is 0.0106 e. The molecule has 0 spiro atoms. The summed E-state index contributed by atoms with van der Waals surface area (Å²) in [6.45, 7) is 52.7. The van der Waals surface area contributed by atoms with Crippen LogP contribution in [0.15, 0.2) is 25.3 Å². The molecule has 0 aromatic carbocycles. The van der Waals surface area contributed by atoms with Crippen LogP contribution in [0.25, 0.3) is 0 Å². The molecule has 0 aromatic rings. The number of hydrogen-bond donors (Lipinski definition) is 1. The molecule has 2 aliphatic rings. The predicted octanol–water partition coefficient (Wildman–Crippen LogP) is 16.4. The van der Waals surface area contributed by atoms with Crippen molar-refractivity contribution in [1.29, 1.82) is 0 Å². The minimum atomic E-state index is 0.449. The molecule has 2 aliphatic carbocycles. The van der Waals surface area contributed by atoms with Crippen molar-refractivity contribution in [2.45, 2.75) is 215 Å². The lowest BCUT2D eigenvalue weighted by Crippen LogP contribution is -2.39. The molecule has 2 fully saturated rings. The summed E-state index contributed by atoms with van der Waals surface area (Å²) in [6, 6.07) is 0. The van der Waals surface area contributed by atoms with Gasteiger partial charge in [0.1, 0.15) is 0 Å². The first-order chi connectivity index (χ1) is 22.6. The third-order valence-electron chi connectivity index (χ3n) is 10.0. The highest BCUT2D eigenvalue weighted by atomic mass is 14.5. The number of nitrogens with two attached hydrogens (primary N) is 1.